The number of carbonyl (C=O) groups excluding carboxylic acids is 4. The third-order valence-electron chi connectivity index (χ3n) is 16.3. The Morgan fingerprint density at radius 3 is 0.764 bits per heavy atom. The Bertz CT molecular complexity index is 1720. The van der Waals surface area contributed by atoms with Crippen molar-refractivity contribution in [1.82, 2.24) is 0 Å². The van der Waals surface area contributed by atoms with Crippen molar-refractivity contribution in [3.63, 3.8) is 0 Å². The van der Waals surface area contributed by atoms with Crippen molar-refractivity contribution >= 4 is 39.5 Å². The highest BCUT2D eigenvalue weighted by molar-refractivity contribution is 7.47. The van der Waals surface area contributed by atoms with Crippen LogP contribution in [0.25, 0.3) is 0 Å². The number of unbranched alkanes of at least 4 members (excludes halogenated alkanes) is 42. The maximum absolute atomic E-state index is 13.0. The maximum atomic E-state index is 13.0. The SMILES string of the molecule is CCCCCCCCCCCCCCCCCC(=O)O[C@H](COC(=O)CCCCCCCCCCCCCCC)COP(=O)(O)OC[C@@H](O)COP(=O)(O)OC[C@@H](COC(=O)CCCCCCCCCC(C)C)OC(=O)CCCCCCCCCCCCC. The summed E-state index contributed by atoms with van der Waals surface area (Å²) in [6.07, 6.45) is 49.9. The number of aliphatic hydroxyl groups excluding tert-OH is 1. The number of phosphoric acid groups is 2. The number of rotatable bonds is 70. The van der Waals surface area contributed by atoms with Crippen LogP contribution in [0.1, 0.15) is 362 Å². The molecule has 3 N–H and O–H groups in total. The van der Waals surface area contributed by atoms with E-state index in [-0.39, 0.29) is 25.7 Å². The van der Waals surface area contributed by atoms with Gasteiger partial charge in [-0.05, 0) is 31.6 Å². The predicted octanol–water partition coefficient (Wildman–Crippen LogP) is 20.1. The van der Waals surface area contributed by atoms with Gasteiger partial charge in [0.1, 0.15) is 19.3 Å². The molecule has 17 nitrogen and oxygen atoms in total. The number of hydrogen-bond acceptors (Lipinski definition) is 15. The monoisotopic (exact) mass is 1310 g/mol. The highest BCUT2D eigenvalue weighted by Crippen LogP contribution is 2.45. The van der Waals surface area contributed by atoms with E-state index in [0.29, 0.717) is 31.6 Å². The first-order valence-corrected chi connectivity index (χ1v) is 39.6. The second-order valence-corrected chi connectivity index (χ2v) is 28.7. The summed E-state index contributed by atoms with van der Waals surface area (Å²) < 4.78 is 68.3. The molecule has 0 saturated heterocycles. The van der Waals surface area contributed by atoms with Crippen LogP contribution >= 0.6 is 15.6 Å². The van der Waals surface area contributed by atoms with Crippen molar-refractivity contribution in [3.05, 3.63) is 0 Å². The first-order chi connectivity index (χ1) is 43.0. The van der Waals surface area contributed by atoms with Crippen LogP contribution in [-0.4, -0.2) is 96.7 Å². The molecule has 0 spiro atoms. The van der Waals surface area contributed by atoms with E-state index < -0.39 is 97.5 Å². The number of carbonyl (C=O) groups is 4. The maximum Gasteiger partial charge on any atom is 0.472 e. The zero-order chi connectivity index (χ0) is 65.6. The standard InChI is InChI=1S/C70H136O17P2/c1-6-9-12-15-18-21-24-26-27-29-32-35-40-46-51-56-70(75)86-65(59-80-67(72)53-48-43-38-33-31-28-25-22-19-16-13-10-7-2)61-84-88(76,77)82-57-64(71)58-83-89(78,79)85-62-66(60-81-68(73)54-49-44-41-36-37-42-47-52-63(4)5)87-69(74)55-50-45-39-34-30-23-20-17-14-11-8-3/h63-66,71H,6-62H2,1-5H3,(H,76,77)(H,78,79)/t64-,65-,66-/m1/s1. The Balaban J connectivity index is 5.24. The summed E-state index contributed by atoms with van der Waals surface area (Å²) in [7, 11) is -9.90. The summed E-state index contributed by atoms with van der Waals surface area (Å²) in [5.74, 6) is -1.42. The molecule has 0 aromatic carbocycles. The molecule has 0 saturated carbocycles. The van der Waals surface area contributed by atoms with E-state index in [1.165, 1.54) is 180 Å². The average molecular weight is 1310 g/mol. The molecule has 0 amide bonds. The number of phosphoric ester groups is 2. The van der Waals surface area contributed by atoms with Gasteiger partial charge in [-0.3, -0.25) is 37.3 Å². The topological polar surface area (TPSA) is 237 Å². The quantitative estimate of drug-likeness (QED) is 0.0222. The largest absolute Gasteiger partial charge is 0.472 e. The van der Waals surface area contributed by atoms with Crippen LogP contribution in [0, 0.1) is 5.92 Å². The predicted molar refractivity (Wildman–Crippen MR) is 358 cm³/mol. The Morgan fingerprint density at radius 2 is 0.517 bits per heavy atom. The molecule has 89 heavy (non-hydrogen) atoms. The van der Waals surface area contributed by atoms with Crippen LogP contribution in [-0.2, 0) is 65.4 Å². The van der Waals surface area contributed by atoms with Crippen LogP contribution < -0.4 is 0 Å². The third-order valence-corrected chi connectivity index (χ3v) is 18.2. The van der Waals surface area contributed by atoms with Crippen LogP contribution in [0.5, 0.6) is 0 Å². The molecule has 0 aliphatic heterocycles. The fourth-order valence-electron chi connectivity index (χ4n) is 10.6. The normalized spacial score (nSPS) is 14.1. The second-order valence-electron chi connectivity index (χ2n) is 25.7. The first kappa shape index (κ1) is 87.1. The van der Waals surface area contributed by atoms with Gasteiger partial charge in [0.25, 0.3) is 0 Å². The fraction of sp³-hybridized carbons (Fsp3) is 0.943. The van der Waals surface area contributed by atoms with Crippen molar-refractivity contribution in [1.29, 1.82) is 0 Å². The molecular weight excluding hydrogens is 1170 g/mol. The third kappa shape index (κ3) is 64.6. The van der Waals surface area contributed by atoms with Crippen molar-refractivity contribution in [2.45, 2.75) is 380 Å². The van der Waals surface area contributed by atoms with Crippen molar-refractivity contribution < 1.29 is 80.2 Å². The number of esters is 4. The Labute approximate surface area is 543 Å². The van der Waals surface area contributed by atoms with Gasteiger partial charge in [0.05, 0.1) is 26.4 Å². The van der Waals surface area contributed by atoms with Gasteiger partial charge in [-0.25, -0.2) is 9.13 Å². The molecule has 0 aromatic heterocycles. The summed E-state index contributed by atoms with van der Waals surface area (Å²) in [4.78, 5) is 72.5. The Morgan fingerprint density at radius 1 is 0.303 bits per heavy atom. The van der Waals surface area contributed by atoms with Gasteiger partial charge in [-0.1, -0.05) is 311 Å². The van der Waals surface area contributed by atoms with E-state index in [1.54, 1.807) is 0 Å². The van der Waals surface area contributed by atoms with Gasteiger partial charge in [-0.15, -0.1) is 0 Å². The highest BCUT2D eigenvalue weighted by Gasteiger charge is 2.30. The van der Waals surface area contributed by atoms with E-state index >= 15 is 0 Å². The Kier molecular flexibility index (Phi) is 62.1. The van der Waals surface area contributed by atoms with E-state index in [1.807, 2.05) is 0 Å². The molecule has 0 fully saturated rings. The molecule has 0 radical (unpaired) electrons. The molecule has 528 valence electrons. The molecule has 19 heteroatoms. The van der Waals surface area contributed by atoms with Gasteiger partial charge in [0, 0.05) is 25.7 Å². The lowest BCUT2D eigenvalue weighted by atomic mass is 10.0. The van der Waals surface area contributed by atoms with E-state index in [4.69, 9.17) is 37.0 Å². The summed E-state index contributed by atoms with van der Waals surface area (Å²) in [6, 6.07) is 0. The van der Waals surface area contributed by atoms with Crippen molar-refractivity contribution in [2.75, 3.05) is 39.6 Å². The second kappa shape index (κ2) is 63.5. The molecule has 2 unspecified atom stereocenters. The zero-order valence-electron chi connectivity index (χ0n) is 57.6. The minimum absolute atomic E-state index is 0.106. The molecule has 0 aliphatic carbocycles. The summed E-state index contributed by atoms with van der Waals surface area (Å²) in [6.45, 7) is 7.19. The van der Waals surface area contributed by atoms with Crippen molar-refractivity contribution in [2.24, 2.45) is 5.92 Å². The van der Waals surface area contributed by atoms with Gasteiger partial charge < -0.3 is 33.8 Å². The number of aliphatic hydroxyl groups is 1. The van der Waals surface area contributed by atoms with Gasteiger partial charge in [0.2, 0.25) is 0 Å². The van der Waals surface area contributed by atoms with E-state index in [9.17, 15) is 43.2 Å². The lowest BCUT2D eigenvalue weighted by Gasteiger charge is -2.21. The van der Waals surface area contributed by atoms with Crippen LogP contribution in [0.4, 0.5) is 0 Å². The molecule has 0 bridgehead atoms. The lowest BCUT2D eigenvalue weighted by molar-refractivity contribution is -0.161. The number of ether oxygens (including phenoxy) is 4. The zero-order valence-corrected chi connectivity index (χ0v) is 59.4. The number of hydrogen-bond donors (Lipinski definition) is 3. The van der Waals surface area contributed by atoms with Crippen molar-refractivity contribution in [3.8, 4) is 0 Å². The van der Waals surface area contributed by atoms with Gasteiger partial charge >= 0.3 is 39.5 Å². The summed E-state index contributed by atoms with van der Waals surface area (Å²) in [5, 5.41) is 10.6. The first-order valence-electron chi connectivity index (χ1n) is 36.6. The molecule has 0 heterocycles. The van der Waals surface area contributed by atoms with E-state index in [0.717, 1.165) is 96.3 Å². The molecule has 0 aromatic rings. The minimum Gasteiger partial charge on any atom is -0.462 e. The Hall–Kier alpha value is -1.94. The summed E-state index contributed by atoms with van der Waals surface area (Å²) in [5.41, 5.74) is 0. The molecule has 5 atom stereocenters. The van der Waals surface area contributed by atoms with Crippen LogP contribution in [0.2, 0.25) is 0 Å². The smallest absolute Gasteiger partial charge is 0.462 e. The summed E-state index contributed by atoms with van der Waals surface area (Å²) >= 11 is 0. The minimum atomic E-state index is -4.95. The fourth-order valence-corrected chi connectivity index (χ4v) is 12.2. The molecule has 0 rings (SSSR count). The van der Waals surface area contributed by atoms with E-state index in [2.05, 4.69) is 34.6 Å². The molecular formula is C70H136O17P2. The van der Waals surface area contributed by atoms with Crippen LogP contribution in [0.15, 0.2) is 0 Å². The average Bonchev–Trinajstić information content (AvgIpc) is 3.59. The van der Waals surface area contributed by atoms with Crippen LogP contribution in [0.3, 0.4) is 0 Å². The molecule has 0 aliphatic rings. The lowest BCUT2D eigenvalue weighted by Crippen LogP contribution is -2.30. The highest BCUT2D eigenvalue weighted by atomic mass is 31.2. The van der Waals surface area contributed by atoms with Gasteiger partial charge in [0.15, 0.2) is 12.2 Å². The van der Waals surface area contributed by atoms with Gasteiger partial charge in [-0.2, -0.15) is 0 Å².